The van der Waals surface area contributed by atoms with Gasteiger partial charge in [-0.3, -0.25) is 4.79 Å². The average Bonchev–Trinajstić information content (AvgIpc) is 2.45. The van der Waals surface area contributed by atoms with E-state index in [0.29, 0.717) is 12.1 Å². The van der Waals surface area contributed by atoms with Crippen molar-refractivity contribution in [1.29, 1.82) is 5.26 Å². The summed E-state index contributed by atoms with van der Waals surface area (Å²) in [6, 6.07) is 3.63. The number of hydrogen-bond acceptors (Lipinski definition) is 2. The minimum Gasteiger partial charge on any atom is -0.347 e. The molecule has 1 rings (SSSR count). The summed E-state index contributed by atoms with van der Waals surface area (Å²) >= 11 is 3.30. The van der Waals surface area contributed by atoms with E-state index in [9.17, 15) is 4.79 Å². The Morgan fingerprint density at radius 1 is 1.80 bits per heavy atom. The lowest BCUT2D eigenvalue weighted by Gasteiger charge is -2.10. The summed E-state index contributed by atoms with van der Waals surface area (Å²) < 4.78 is 2.60. The summed E-state index contributed by atoms with van der Waals surface area (Å²) in [4.78, 5) is 11.7. The molecule has 1 N–H and O–H groups in total. The summed E-state index contributed by atoms with van der Waals surface area (Å²) in [6.07, 6.45) is 2.13. The molecule has 0 fully saturated rings. The van der Waals surface area contributed by atoms with Gasteiger partial charge in [0, 0.05) is 23.8 Å². The number of rotatable bonds is 3. The first kappa shape index (κ1) is 11.8. The fraction of sp³-hybridized carbons (Fsp3) is 0.400. The molecule has 0 saturated carbocycles. The van der Waals surface area contributed by atoms with E-state index in [1.807, 2.05) is 12.3 Å². The maximum atomic E-state index is 11.7. The molecule has 1 heterocycles. The molecule has 1 aromatic rings. The molecular weight excluding hydrogens is 258 g/mol. The van der Waals surface area contributed by atoms with Crippen LogP contribution in [0.15, 0.2) is 16.7 Å². The summed E-state index contributed by atoms with van der Waals surface area (Å²) in [5.74, 6) is -0.161. The van der Waals surface area contributed by atoms with Gasteiger partial charge in [0.1, 0.15) is 5.69 Å². The molecular formula is C10H12BrN3O. The van der Waals surface area contributed by atoms with Crippen LogP contribution in [0.3, 0.4) is 0 Å². The largest absolute Gasteiger partial charge is 0.347 e. The van der Waals surface area contributed by atoms with E-state index in [1.54, 1.807) is 24.6 Å². The third-order valence-corrected chi connectivity index (χ3v) is 2.41. The Kier molecular flexibility index (Phi) is 3.92. The topological polar surface area (TPSA) is 57.8 Å². The first-order chi connectivity index (χ1) is 7.04. The number of amides is 1. The maximum absolute atomic E-state index is 11.7. The molecule has 0 bridgehead atoms. The number of nitriles is 1. The van der Waals surface area contributed by atoms with E-state index in [2.05, 4.69) is 21.2 Å². The highest BCUT2D eigenvalue weighted by atomic mass is 79.9. The Morgan fingerprint density at radius 2 is 2.47 bits per heavy atom. The maximum Gasteiger partial charge on any atom is 0.268 e. The van der Waals surface area contributed by atoms with Gasteiger partial charge in [-0.1, -0.05) is 0 Å². The second-order valence-electron chi connectivity index (χ2n) is 3.39. The van der Waals surface area contributed by atoms with Crippen molar-refractivity contribution in [3.63, 3.8) is 0 Å². The van der Waals surface area contributed by atoms with Gasteiger partial charge in [0.05, 0.1) is 12.5 Å². The first-order valence-electron chi connectivity index (χ1n) is 4.54. The van der Waals surface area contributed by atoms with Crippen LogP contribution in [0, 0.1) is 11.3 Å². The molecule has 0 spiro atoms. The van der Waals surface area contributed by atoms with Gasteiger partial charge in [-0.15, -0.1) is 0 Å². The molecule has 5 heteroatoms. The zero-order valence-electron chi connectivity index (χ0n) is 8.62. The Bertz CT molecular complexity index is 405. The molecule has 0 aliphatic carbocycles. The normalized spacial score (nSPS) is 11.9. The van der Waals surface area contributed by atoms with Gasteiger partial charge in [0.2, 0.25) is 0 Å². The molecule has 1 unspecified atom stereocenters. The highest BCUT2D eigenvalue weighted by molar-refractivity contribution is 9.10. The molecule has 1 aromatic heterocycles. The third kappa shape index (κ3) is 3.10. The fourth-order valence-electron chi connectivity index (χ4n) is 1.24. The molecule has 1 atom stereocenters. The second-order valence-corrected chi connectivity index (χ2v) is 4.31. The molecule has 0 radical (unpaired) electrons. The van der Waals surface area contributed by atoms with Crippen LogP contribution in [-0.4, -0.2) is 16.5 Å². The van der Waals surface area contributed by atoms with Crippen LogP contribution in [0.5, 0.6) is 0 Å². The Balaban J connectivity index is 2.70. The van der Waals surface area contributed by atoms with Crippen LogP contribution in [0.4, 0.5) is 0 Å². The van der Waals surface area contributed by atoms with Crippen molar-refractivity contribution in [3.05, 3.63) is 22.4 Å². The van der Waals surface area contributed by atoms with Gasteiger partial charge < -0.3 is 9.88 Å². The number of hydrogen-bond donors (Lipinski definition) is 1. The minimum absolute atomic E-state index is 0.129. The lowest BCUT2D eigenvalue weighted by Crippen LogP contribution is -2.33. The highest BCUT2D eigenvalue weighted by Gasteiger charge is 2.13. The lowest BCUT2D eigenvalue weighted by atomic mass is 10.2. The molecule has 15 heavy (non-hydrogen) atoms. The summed E-state index contributed by atoms with van der Waals surface area (Å²) in [7, 11) is 1.80. The van der Waals surface area contributed by atoms with Crippen LogP contribution in [0.1, 0.15) is 23.8 Å². The third-order valence-electron chi connectivity index (χ3n) is 1.98. The Labute approximate surface area is 97.0 Å². The van der Waals surface area contributed by atoms with Crippen LogP contribution in [0.25, 0.3) is 0 Å². The van der Waals surface area contributed by atoms with E-state index in [1.165, 1.54) is 0 Å². The summed E-state index contributed by atoms with van der Waals surface area (Å²) in [6.45, 7) is 1.80. The van der Waals surface area contributed by atoms with Crippen molar-refractivity contribution in [2.75, 3.05) is 0 Å². The van der Waals surface area contributed by atoms with Gasteiger partial charge in [-0.2, -0.15) is 5.26 Å². The predicted octanol–water partition coefficient (Wildman–Crippen LogP) is 1.82. The van der Waals surface area contributed by atoms with E-state index in [0.717, 1.165) is 4.47 Å². The molecule has 1 amide bonds. The monoisotopic (exact) mass is 269 g/mol. The molecule has 4 nitrogen and oxygen atoms in total. The Morgan fingerprint density at radius 3 is 2.93 bits per heavy atom. The zero-order chi connectivity index (χ0) is 11.4. The number of nitrogens with zero attached hydrogens (tertiary/aromatic N) is 2. The lowest BCUT2D eigenvalue weighted by molar-refractivity contribution is 0.0932. The van der Waals surface area contributed by atoms with Crippen molar-refractivity contribution in [3.8, 4) is 6.07 Å². The summed E-state index contributed by atoms with van der Waals surface area (Å²) in [5, 5.41) is 11.2. The zero-order valence-corrected chi connectivity index (χ0v) is 10.2. The first-order valence-corrected chi connectivity index (χ1v) is 5.33. The van der Waals surface area contributed by atoms with Crippen LogP contribution in [0.2, 0.25) is 0 Å². The van der Waals surface area contributed by atoms with Gasteiger partial charge in [-0.25, -0.2) is 0 Å². The second kappa shape index (κ2) is 4.99. The molecule has 80 valence electrons. The van der Waals surface area contributed by atoms with Crippen molar-refractivity contribution in [2.24, 2.45) is 7.05 Å². The van der Waals surface area contributed by atoms with Crippen molar-refractivity contribution >= 4 is 21.8 Å². The smallest absolute Gasteiger partial charge is 0.268 e. The van der Waals surface area contributed by atoms with Crippen LogP contribution in [-0.2, 0) is 7.05 Å². The fourth-order valence-corrected chi connectivity index (χ4v) is 1.76. The predicted molar refractivity (Wildman–Crippen MR) is 60.3 cm³/mol. The van der Waals surface area contributed by atoms with Gasteiger partial charge in [-0.05, 0) is 28.9 Å². The number of carbonyl (C=O) groups excluding carboxylic acids is 1. The molecule has 0 aromatic carbocycles. The SMILES string of the molecule is CC(CC#N)NC(=O)c1cc(Br)cn1C. The number of aryl methyl sites for hydroxylation is 1. The number of nitrogens with one attached hydrogen (secondary N) is 1. The van der Waals surface area contributed by atoms with E-state index in [-0.39, 0.29) is 11.9 Å². The summed E-state index contributed by atoms with van der Waals surface area (Å²) in [5.41, 5.74) is 0.576. The molecule has 0 aliphatic heterocycles. The number of halogens is 1. The standard InChI is InChI=1S/C10H12BrN3O/c1-7(3-4-12)13-10(15)9-5-8(11)6-14(9)2/h5-7H,3H2,1-2H3,(H,13,15). The van der Waals surface area contributed by atoms with E-state index in [4.69, 9.17) is 5.26 Å². The van der Waals surface area contributed by atoms with Gasteiger partial charge in [0.15, 0.2) is 0 Å². The number of carbonyl (C=O) groups is 1. The molecule has 0 saturated heterocycles. The van der Waals surface area contributed by atoms with Crippen LogP contribution < -0.4 is 5.32 Å². The van der Waals surface area contributed by atoms with Crippen LogP contribution >= 0.6 is 15.9 Å². The van der Waals surface area contributed by atoms with Gasteiger partial charge in [0.25, 0.3) is 5.91 Å². The van der Waals surface area contributed by atoms with Crippen molar-refractivity contribution in [2.45, 2.75) is 19.4 Å². The van der Waals surface area contributed by atoms with Crippen molar-refractivity contribution in [1.82, 2.24) is 9.88 Å². The van der Waals surface area contributed by atoms with Crippen molar-refractivity contribution < 1.29 is 4.79 Å². The van der Waals surface area contributed by atoms with Gasteiger partial charge >= 0.3 is 0 Å². The van der Waals surface area contributed by atoms with E-state index < -0.39 is 0 Å². The average molecular weight is 270 g/mol. The highest BCUT2D eigenvalue weighted by Crippen LogP contribution is 2.13. The minimum atomic E-state index is -0.161. The van der Waals surface area contributed by atoms with E-state index >= 15 is 0 Å². The Hall–Kier alpha value is -1.28. The number of aromatic nitrogens is 1. The quantitative estimate of drug-likeness (QED) is 0.910. The molecule has 0 aliphatic rings.